The van der Waals surface area contributed by atoms with Gasteiger partial charge in [0, 0.05) is 37.8 Å². The lowest BCUT2D eigenvalue weighted by Crippen LogP contribution is -2.65. The molecule has 7 nitrogen and oxygen atoms in total. The highest BCUT2D eigenvalue weighted by Crippen LogP contribution is 2.50. The van der Waals surface area contributed by atoms with E-state index in [0.29, 0.717) is 12.0 Å². The highest BCUT2D eigenvalue weighted by molar-refractivity contribution is 7.59. The number of Topliss-reactive ketones (excluding diaryl/α,β-unsaturated/α-hetero) is 1. The molecule has 0 bridgehead atoms. The van der Waals surface area contributed by atoms with E-state index < -0.39 is 59.7 Å². The molecule has 1 aromatic carbocycles. The zero-order valence-electron chi connectivity index (χ0n) is 19.7. The van der Waals surface area contributed by atoms with Crippen molar-refractivity contribution in [3.8, 4) is 0 Å². The topological polar surface area (TPSA) is 91.2 Å². The first-order valence-corrected chi connectivity index (χ1v) is 11.0. The Hall–Kier alpha value is -2.41. The first-order valence-electron chi connectivity index (χ1n) is 11.0. The van der Waals surface area contributed by atoms with Gasteiger partial charge in [0.25, 0.3) is 5.92 Å². The normalized spacial score (nSPS) is 23.2. The van der Waals surface area contributed by atoms with Crippen LogP contribution in [0.3, 0.4) is 0 Å². The predicted octanol–water partition coefficient (Wildman–Crippen LogP) is 3.48. The molecule has 3 aliphatic rings. The number of hydrogen-bond donors (Lipinski definition) is 1. The van der Waals surface area contributed by atoms with E-state index in [9.17, 15) is 31.9 Å². The third kappa shape index (κ3) is 5.61. The second-order valence-electron chi connectivity index (χ2n) is 9.25. The van der Waals surface area contributed by atoms with Crippen LogP contribution in [0.2, 0.25) is 0 Å². The van der Waals surface area contributed by atoms with E-state index in [-0.39, 0.29) is 63.5 Å². The molecular weight excluding hydrogens is 520 g/mol. The largest absolute Gasteiger partial charge is 0.336 e. The fraction of sp³-hybridized carbons (Fsp3) is 0.522. The minimum absolute atomic E-state index is 0. The van der Waals surface area contributed by atoms with Gasteiger partial charge < -0.3 is 10.2 Å². The lowest BCUT2D eigenvalue weighted by molar-refractivity contribution is -0.154. The smallest absolute Gasteiger partial charge is 0.312 e. The van der Waals surface area contributed by atoms with Crippen molar-refractivity contribution in [1.82, 2.24) is 10.2 Å². The van der Waals surface area contributed by atoms with Crippen LogP contribution in [-0.4, -0.2) is 53.1 Å². The van der Waals surface area contributed by atoms with Crippen molar-refractivity contribution in [2.45, 2.75) is 57.0 Å². The van der Waals surface area contributed by atoms with Crippen molar-refractivity contribution in [2.75, 3.05) is 13.1 Å². The van der Waals surface area contributed by atoms with Gasteiger partial charge in [0.1, 0.15) is 5.78 Å². The minimum atomic E-state index is -2.98. The Balaban J connectivity index is 0.00000228. The van der Waals surface area contributed by atoms with Crippen LogP contribution in [0.5, 0.6) is 0 Å². The molecule has 0 radical (unpaired) electrons. The number of benzene rings is 1. The number of carbonyl (C=O) groups excluding carboxylic acids is 3. The zero-order valence-corrected chi connectivity index (χ0v) is 21.7. The molecule has 1 aliphatic carbocycles. The number of rotatable bonds is 5. The standard InChI is InChI=1S/C23H24F4N4O3.2H2S/c1-12-7-14(8-16(24)19(12)25)9-17(32)15-4-6-31(13(15)2)21(34)20(33)29-22(10-23(26,27)11-22)18-3-5-28-30-18;;/h3,7-8,13,15H,4-6,9-11H2,1-2H3,(H,29,33);2*1H2/t13-,15-;;/m0../s1. The Morgan fingerprint density at radius 3 is 2.39 bits per heavy atom. The molecule has 2 fully saturated rings. The molecule has 0 unspecified atom stereocenters. The number of carbonyl (C=O) groups is 3. The van der Waals surface area contributed by atoms with Crippen LogP contribution in [0, 0.1) is 24.5 Å². The summed E-state index contributed by atoms with van der Waals surface area (Å²) >= 11 is 0. The zero-order chi connectivity index (χ0) is 24.8. The Bertz CT molecular complexity index is 1100. The maximum Gasteiger partial charge on any atom is 0.312 e. The van der Waals surface area contributed by atoms with Gasteiger partial charge in [-0.3, -0.25) is 14.4 Å². The van der Waals surface area contributed by atoms with E-state index in [1.54, 1.807) is 6.92 Å². The molecule has 1 saturated carbocycles. The molecule has 1 aromatic rings. The molecule has 2 atom stereocenters. The van der Waals surface area contributed by atoms with E-state index in [1.807, 2.05) is 0 Å². The van der Waals surface area contributed by atoms with Crippen molar-refractivity contribution < 1.29 is 31.9 Å². The highest BCUT2D eigenvalue weighted by Gasteiger charge is 2.60. The molecule has 1 N–H and O–H groups in total. The maximum atomic E-state index is 13.7. The van der Waals surface area contributed by atoms with Crippen LogP contribution in [0.25, 0.3) is 0 Å². The maximum absolute atomic E-state index is 13.7. The first kappa shape index (κ1) is 29.8. The summed E-state index contributed by atoms with van der Waals surface area (Å²) in [5.74, 6) is -7.82. The van der Waals surface area contributed by atoms with Gasteiger partial charge >= 0.3 is 11.8 Å². The monoisotopic (exact) mass is 548 g/mol. The number of alkyl halides is 2. The van der Waals surface area contributed by atoms with Crippen molar-refractivity contribution in [3.05, 3.63) is 46.7 Å². The summed E-state index contributed by atoms with van der Waals surface area (Å²) in [7, 11) is 0. The summed E-state index contributed by atoms with van der Waals surface area (Å²) in [6.07, 6.45) is 0.346. The van der Waals surface area contributed by atoms with Crippen molar-refractivity contribution in [1.29, 1.82) is 0 Å². The van der Waals surface area contributed by atoms with Crippen molar-refractivity contribution in [2.24, 2.45) is 16.1 Å². The van der Waals surface area contributed by atoms with Gasteiger partial charge in [-0.15, -0.1) is 0 Å². The van der Waals surface area contributed by atoms with Crippen LogP contribution in [-0.2, 0) is 20.8 Å². The quantitative estimate of drug-likeness (QED) is 0.451. The molecule has 0 spiro atoms. The molecule has 198 valence electrons. The van der Waals surface area contributed by atoms with E-state index in [0.717, 1.165) is 6.07 Å². The molecule has 13 heteroatoms. The second-order valence-corrected chi connectivity index (χ2v) is 9.25. The molecule has 2 aliphatic heterocycles. The molecule has 36 heavy (non-hydrogen) atoms. The van der Waals surface area contributed by atoms with Crippen LogP contribution < -0.4 is 5.32 Å². The number of nitrogens with one attached hydrogen (secondary N) is 1. The van der Waals surface area contributed by atoms with Gasteiger partial charge in [-0.25, -0.2) is 17.6 Å². The number of aryl methyl sites for hydroxylation is 1. The Kier molecular flexibility index (Phi) is 9.04. The summed E-state index contributed by atoms with van der Waals surface area (Å²) in [4.78, 5) is 39.6. The lowest BCUT2D eigenvalue weighted by atomic mass is 9.71. The number of azo groups is 1. The van der Waals surface area contributed by atoms with Crippen molar-refractivity contribution in [3.63, 3.8) is 0 Å². The van der Waals surface area contributed by atoms with Gasteiger partial charge in [-0.2, -0.15) is 37.2 Å². The number of ketones is 1. The van der Waals surface area contributed by atoms with Gasteiger partial charge in [-0.1, -0.05) is 6.07 Å². The van der Waals surface area contributed by atoms with E-state index in [4.69, 9.17) is 0 Å². The minimum Gasteiger partial charge on any atom is -0.336 e. The molecular formula is C23H28F4N4O3S2. The average molecular weight is 549 g/mol. The number of amides is 2. The molecule has 2 heterocycles. The van der Waals surface area contributed by atoms with Gasteiger partial charge in [0.15, 0.2) is 11.6 Å². The van der Waals surface area contributed by atoms with Gasteiger partial charge in [0.2, 0.25) is 0 Å². The van der Waals surface area contributed by atoms with Gasteiger partial charge in [-0.05, 0) is 43.5 Å². The van der Waals surface area contributed by atoms with Crippen LogP contribution in [0.15, 0.2) is 34.1 Å². The highest BCUT2D eigenvalue weighted by atomic mass is 32.1. The summed E-state index contributed by atoms with van der Waals surface area (Å²) in [6.45, 7) is 3.37. The molecule has 2 amide bonds. The SMILES string of the molecule is Cc1cc(CC(=O)[C@H]2CCN(C(=O)C(=O)NC3(C4=CCN=N4)CC(F)(F)C3)[C@H]2C)cc(F)c1F.S.S. The lowest BCUT2D eigenvalue weighted by Gasteiger charge is -2.47. The number of hydrogen-bond acceptors (Lipinski definition) is 5. The molecule has 4 rings (SSSR count). The summed E-state index contributed by atoms with van der Waals surface area (Å²) in [6, 6.07) is 1.75. The fourth-order valence-corrected chi connectivity index (χ4v) is 5.03. The Morgan fingerprint density at radius 2 is 1.83 bits per heavy atom. The van der Waals surface area contributed by atoms with E-state index in [2.05, 4.69) is 15.5 Å². The number of nitrogens with zero attached hydrogens (tertiary/aromatic N) is 3. The number of likely N-dealkylation sites (tertiary alicyclic amines) is 1. The molecule has 1 saturated heterocycles. The van der Waals surface area contributed by atoms with E-state index in [1.165, 1.54) is 24.0 Å². The third-order valence-corrected chi connectivity index (χ3v) is 6.78. The first-order chi connectivity index (χ1) is 15.9. The predicted molar refractivity (Wildman–Crippen MR) is 133 cm³/mol. The van der Waals surface area contributed by atoms with Crippen LogP contribution in [0.1, 0.15) is 37.3 Å². The summed E-state index contributed by atoms with van der Waals surface area (Å²) in [5, 5.41) is 10.0. The Labute approximate surface area is 219 Å². The Morgan fingerprint density at radius 1 is 1.17 bits per heavy atom. The average Bonchev–Trinajstić information content (AvgIpc) is 3.40. The van der Waals surface area contributed by atoms with Crippen molar-refractivity contribution >= 4 is 44.6 Å². The fourth-order valence-electron chi connectivity index (χ4n) is 5.03. The molecule has 0 aromatic heterocycles. The van der Waals surface area contributed by atoms with Gasteiger partial charge in [0.05, 0.1) is 17.8 Å². The van der Waals surface area contributed by atoms with Crippen LogP contribution >= 0.6 is 27.0 Å². The number of halogens is 4. The van der Waals surface area contributed by atoms with E-state index >= 15 is 0 Å². The third-order valence-electron chi connectivity index (χ3n) is 6.78. The summed E-state index contributed by atoms with van der Waals surface area (Å²) in [5.41, 5.74) is -0.825. The van der Waals surface area contributed by atoms with Crippen LogP contribution in [0.4, 0.5) is 17.6 Å². The summed E-state index contributed by atoms with van der Waals surface area (Å²) < 4.78 is 54.5. The second kappa shape index (κ2) is 10.9.